The fourth-order valence-electron chi connectivity index (χ4n) is 1.24. The van der Waals surface area contributed by atoms with Gasteiger partial charge in [-0.2, -0.15) is 5.10 Å². The van der Waals surface area contributed by atoms with Crippen LogP contribution in [0.25, 0.3) is 0 Å². The first-order chi connectivity index (χ1) is 7.16. The van der Waals surface area contributed by atoms with E-state index in [1.54, 1.807) is 18.1 Å². The average Bonchev–Trinajstić information content (AvgIpc) is 2.77. The molecule has 0 aromatic carbocycles. The zero-order chi connectivity index (χ0) is 11.3. The van der Waals surface area contributed by atoms with Gasteiger partial charge in [0.2, 0.25) is 0 Å². The number of ether oxygens (including phenoxy) is 1. The molecular formula is C9H16N4O2. The second kappa shape index (κ2) is 4.88. The Hall–Kier alpha value is -1.43. The summed E-state index contributed by atoms with van der Waals surface area (Å²) in [5.74, 6) is 0. The van der Waals surface area contributed by atoms with E-state index in [1.807, 2.05) is 13.8 Å². The van der Waals surface area contributed by atoms with Gasteiger partial charge in [0.25, 0.3) is 0 Å². The summed E-state index contributed by atoms with van der Waals surface area (Å²) in [6, 6.07) is 0. The molecular weight excluding hydrogens is 196 g/mol. The first-order valence-electron chi connectivity index (χ1n) is 4.75. The van der Waals surface area contributed by atoms with Gasteiger partial charge in [0.1, 0.15) is 24.0 Å². The predicted molar refractivity (Wildman–Crippen MR) is 54.9 cm³/mol. The van der Waals surface area contributed by atoms with Crippen molar-refractivity contribution in [3.63, 3.8) is 0 Å². The number of hydrogen-bond acceptors (Lipinski definition) is 5. The zero-order valence-corrected chi connectivity index (χ0v) is 9.21. The fraction of sp³-hybridized carbons (Fsp3) is 0.667. The van der Waals surface area contributed by atoms with Crippen LogP contribution in [-0.4, -0.2) is 38.4 Å². The third kappa shape index (κ3) is 2.53. The van der Waals surface area contributed by atoms with Gasteiger partial charge in [0.15, 0.2) is 0 Å². The molecule has 1 aromatic rings. The van der Waals surface area contributed by atoms with Gasteiger partial charge in [-0.1, -0.05) is 12.1 Å². The van der Waals surface area contributed by atoms with E-state index in [4.69, 9.17) is 9.94 Å². The van der Waals surface area contributed by atoms with Gasteiger partial charge >= 0.3 is 0 Å². The molecule has 0 saturated carbocycles. The van der Waals surface area contributed by atoms with E-state index in [9.17, 15) is 0 Å². The van der Waals surface area contributed by atoms with Crippen molar-refractivity contribution < 1.29 is 9.94 Å². The van der Waals surface area contributed by atoms with Crippen molar-refractivity contribution in [1.82, 2.24) is 14.8 Å². The first-order valence-corrected chi connectivity index (χ1v) is 4.75. The van der Waals surface area contributed by atoms with Crippen LogP contribution in [0.1, 0.15) is 20.3 Å². The van der Waals surface area contributed by atoms with E-state index in [0.717, 1.165) is 6.42 Å². The van der Waals surface area contributed by atoms with Crippen LogP contribution in [0.4, 0.5) is 0 Å². The quantitative estimate of drug-likeness (QED) is 0.447. The highest BCUT2D eigenvalue weighted by Gasteiger charge is 2.29. The number of nitrogens with zero attached hydrogens (tertiary/aromatic N) is 4. The highest BCUT2D eigenvalue weighted by Crippen LogP contribution is 2.17. The van der Waals surface area contributed by atoms with E-state index in [1.165, 1.54) is 6.33 Å². The maximum Gasteiger partial charge on any atom is 0.137 e. The molecule has 15 heavy (non-hydrogen) atoms. The van der Waals surface area contributed by atoms with Gasteiger partial charge < -0.3 is 9.94 Å². The summed E-state index contributed by atoms with van der Waals surface area (Å²) in [5.41, 5.74) is -0.0428. The van der Waals surface area contributed by atoms with Crippen molar-refractivity contribution in [2.75, 3.05) is 7.11 Å². The molecule has 1 heterocycles. The molecule has 0 aliphatic carbocycles. The molecule has 0 fully saturated rings. The largest absolute Gasteiger partial charge is 0.411 e. The lowest BCUT2D eigenvalue weighted by Crippen LogP contribution is -2.39. The summed E-state index contributed by atoms with van der Waals surface area (Å²) in [7, 11) is 1.59. The monoisotopic (exact) mass is 212 g/mol. The molecule has 1 atom stereocenters. The Bertz CT molecular complexity index is 317. The highest BCUT2D eigenvalue weighted by atomic mass is 16.5. The Balaban J connectivity index is 2.81. The Labute approximate surface area is 88.6 Å². The molecule has 1 rings (SSSR count). The van der Waals surface area contributed by atoms with Crippen LogP contribution in [-0.2, 0) is 11.3 Å². The van der Waals surface area contributed by atoms with Crippen LogP contribution in [0.2, 0.25) is 0 Å². The molecule has 6 heteroatoms. The minimum atomic E-state index is -0.569. The summed E-state index contributed by atoms with van der Waals surface area (Å²) in [6.45, 7) is 4.21. The lowest BCUT2D eigenvalue weighted by Gasteiger charge is -2.27. The van der Waals surface area contributed by atoms with Gasteiger partial charge in [0.05, 0.1) is 6.54 Å². The number of hydrogen-bond donors (Lipinski definition) is 1. The van der Waals surface area contributed by atoms with Crippen molar-refractivity contribution in [2.24, 2.45) is 5.16 Å². The van der Waals surface area contributed by atoms with Gasteiger partial charge in [-0.05, 0) is 13.3 Å². The Morgan fingerprint density at radius 3 is 2.80 bits per heavy atom. The molecule has 0 aliphatic heterocycles. The van der Waals surface area contributed by atoms with Crippen molar-refractivity contribution in [1.29, 1.82) is 0 Å². The number of methoxy groups -OCH3 is 1. The second-order valence-corrected chi connectivity index (χ2v) is 3.43. The van der Waals surface area contributed by atoms with Gasteiger partial charge in [-0.3, -0.25) is 0 Å². The molecule has 84 valence electrons. The number of oxime groups is 1. The molecule has 6 nitrogen and oxygen atoms in total. The third-order valence-corrected chi connectivity index (χ3v) is 2.63. The average molecular weight is 212 g/mol. The fourth-order valence-corrected chi connectivity index (χ4v) is 1.24. The second-order valence-electron chi connectivity index (χ2n) is 3.43. The molecule has 1 aromatic heterocycles. The molecule has 0 aliphatic rings. The van der Waals surface area contributed by atoms with Crippen molar-refractivity contribution in [2.45, 2.75) is 32.4 Å². The van der Waals surface area contributed by atoms with E-state index in [2.05, 4.69) is 15.2 Å². The van der Waals surface area contributed by atoms with E-state index in [0.29, 0.717) is 12.3 Å². The molecule has 0 saturated heterocycles. The topological polar surface area (TPSA) is 72.5 Å². The molecule has 0 radical (unpaired) electrons. The molecule has 1 unspecified atom stereocenters. The van der Waals surface area contributed by atoms with Crippen LogP contribution in [0.15, 0.2) is 17.8 Å². The minimum Gasteiger partial charge on any atom is -0.411 e. The highest BCUT2D eigenvalue weighted by molar-refractivity contribution is 5.91. The van der Waals surface area contributed by atoms with Crippen molar-refractivity contribution in [3.05, 3.63) is 12.7 Å². The summed E-state index contributed by atoms with van der Waals surface area (Å²) in [5, 5.41) is 16.2. The van der Waals surface area contributed by atoms with Gasteiger partial charge in [0, 0.05) is 7.11 Å². The van der Waals surface area contributed by atoms with E-state index < -0.39 is 5.60 Å². The Kier molecular flexibility index (Phi) is 3.79. The SMILES string of the molecule is CCC(C)(OC)/C(Cn1cncn1)=N/O. The van der Waals surface area contributed by atoms with Crippen LogP contribution >= 0.6 is 0 Å². The summed E-state index contributed by atoms with van der Waals surface area (Å²) >= 11 is 0. The number of rotatable bonds is 5. The first kappa shape index (κ1) is 11.6. The maximum atomic E-state index is 8.97. The van der Waals surface area contributed by atoms with E-state index in [-0.39, 0.29) is 0 Å². The normalized spacial score (nSPS) is 16.3. The van der Waals surface area contributed by atoms with E-state index >= 15 is 0 Å². The predicted octanol–water partition coefficient (Wildman–Crippen LogP) is 0.923. The molecule has 0 bridgehead atoms. The van der Waals surface area contributed by atoms with Crippen LogP contribution in [0.3, 0.4) is 0 Å². The van der Waals surface area contributed by atoms with Crippen molar-refractivity contribution in [3.8, 4) is 0 Å². The summed E-state index contributed by atoms with van der Waals surface area (Å²) < 4.78 is 6.92. The lowest BCUT2D eigenvalue weighted by molar-refractivity contribution is 0.0574. The zero-order valence-electron chi connectivity index (χ0n) is 9.21. The standard InChI is InChI=1S/C9H16N4O2/c1-4-9(2,15-3)8(12-14)5-13-7-10-6-11-13/h6-7,14H,4-5H2,1-3H3/b12-8+. The van der Waals surface area contributed by atoms with Crippen molar-refractivity contribution >= 4 is 5.71 Å². The Morgan fingerprint density at radius 2 is 2.40 bits per heavy atom. The number of aromatic nitrogens is 3. The Morgan fingerprint density at radius 1 is 1.67 bits per heavy atom. The van der Waals surface area contributed by atoms with Gasteiger partial charge in [-0.15, -0.1) is 0 Å². The van der Waals surface area contributed by atoms with Crippen LogP contribution in [0, 0.1) is 0 Å². The van der Waals surface area contributed by atoms with Crippen LogP contribution in [0.5, 0.6) is 0 Å². The molecule has 0 spiro atoms. The smallest absolute Gasteiger partial charge is 0.137 e. The third-order valence-electron chi connectivity index (χ3n) is 2.63. The maximum absolute atomic E-state index is 8.97. The molecule has 1 N–H and O–H groups in total. The molecule has 0 amide bonds. The van der Waals surface area contributed by atoms with Crippen LogP contribution < -0.4 is 0 Å². The summed E-state index contributed by atoms with van der Waals surface area (Å²) in [4.78, 5) is 3.82. The lowest BCUT2D eigenvalue weighted by atomic mass is 9.96. The summed E-state index contributed by atoms with van der Waals surface area (Å²) in [6.07, 6.45) is 3.72. The van der Waals surface area contributed by atoms with Gasteiger partial charge in [-0.25, -0.2) is 9.67 Å². The minimum absolute atomic E-state index is 0.370.